The monoisotopic (exact) mass is 357 g/mol. The quantitative estimate of drug-likeness (QED) is 0.468. The van der Waals surface area contributed by atoms with Crippen molar-refractivity contribution in [2.24, 2.45) is 0 Å². The van der Waals surface area contributed by atoms with Crippen molar-refractivity contribution in [2.75, 3.05) is 5.32 Å². The summed E-state index contributed by atoms with van der Waals surface area (Å²) < 4.78 is 6.84. The molecule has 1 N–H and O–H groups in total. The Hall–Kier alpha value is -2.11. The molecule has 4 aromatic rings. The second kappa shape index (κ2) is 5.46. The number of hydrogen-bond acceptors (Lipinski definition) is 5. The van der Waals surface area contributed by atoms with Gasteiger partial charge in [0, 0.05) is 5.02 Å². The minimum Gasteiger partial charge on any atom is -0.423 e. The number of nitrogens with one attached hydrogen (secondary N) is 1. The minimum atomic E-state index is 0.0764. The zero-order valence-corrected chi connectivity index (χ0v) is 15.1. The van der Waals surface area contributed by atoms with E-state index in [9.17, 15) is 0 Å². The van der Waals surface area contributed by atoms with Crippen LogP contribution in [-0.4, -0.2) is 9.97 Å². The number of fused-ring (bicyclic) bond motifs is 2. The third-order valence-electron chi connectivity index (χ3n) is 3.82. The molecule has 2 aromatic heterocycles. The van der Waals surface area contributed by atoms with Crippen LogP contribution in [0, 0.1) is 0 Å². The molecule has 0 aliphatic carbocycles. The fourth-order valence-corrected chi connectivity index (χ4v) is 3.50. The smallest absolute Gasteiger partial charge is 0.302 e. The number of thiazole rings is 1. The van der Waals surface area contributed by atoms with Crippen molar-refractivity contribution in [2.45, 2.75) is 26.2 Å². The topological polar surface area (TPSA) is 51.0 Å². The first-order valence-corrected chi connectivity index (χ1v) is 8.82. The Morgan fingerprint density at radius 1 is 1.04 bits per heavy atom. The van der Waals surface area contributed by atoms with Crippen LogP contribution in [0.25, 0.3) is 21.3 Å². The van der Waals surface area contributed by atoms with Gasteiger partial charge in [-0.05, 0) is 41.3 Å². The lowest BCUT2D eigenvalue weighted by molar-refractivity contribution is 0.590. The molecule has 24 heavy (non-hydrogen) atoms. The van der Waals surface area contributed by atoms with Crippen molar-refractivity contribution in [3.63, 3.8) is 0 Å². The Morgan fingerprint density at radius 2 is 1.88 bits per heavy atom. The predicted molar refractivity (Wildman–Crippen MR) is 101 cm³/mol. The minimum absolute atomic E-state index is 0.0764. The number of oxazole rings is 1. The maximum atomic E-state index is 6.01. The number of hydrogen-bond donors (Lipinski definition) is 1. The van der Waals surface area contributed by atoms with Gasteiger partial charge in [0.05, 0.1) is 10.2 Å². The van der Waals surface area contributed by atoms with Gasteiger partial charge in [0.25, 0.3) is 0 Å². The molecular weight excluding hydrogens is 342 g/mol. The third-order valence-corrected chi connectivity index (χ3v) is 5.00. The maximum absolute atomic E-state index is 6.01. The molecule has 0 saturated heterocycles. The lowest BCUT2D eigenvalue weighted by atomic mass is 9.87. The molecule has 0 spiro atoms. The van der Waals surface area contributed by atoms with Crippen LogP contribution in [0.5, 0.6) is 0 Å². The fourth-order valence-electron chi connectivity index (χ4n) is 2.49. The zero-order chi connectivity index (χ0) is 16.9. The molecule has 4 rings (SSSR count). The largest absolute Gasteiger partial charge is 0.423 e. The van der Waals surface area contributed by atoms with Crippen LogP contribution in [-0.2, 0) is 5.41 Å². The molecule has 0 bridgehead atoms. The standard InChI is InChI=1S/C18H16ClN3OS/c1-18(2,3)10-4-6-14-12(8-10)20-16(23-14)22-17-21-13-9-11(19)5-7-15(13)24-17/h4-9H,1-3H3,(H,20,21,22). The Labute approximate surface area is 148 Å². The summed E-state index contributed by atoms with van der Waals surface area (Å²) in [7, 11) is 0. The van der Waals surface area contributed by atoms with Crippen LogP contribution >= 0.6 is 22.9 Å². The van der Waals surface area contributed by atoms with E-state index in [1.807, 2.05) is 24.3 Å². The highest BCUT2D eigenvalue weighted by Crippen LogP contribution is 2.32. The van der Waals surface area contributed by atoms with Gasteiger partial charge in [-0.2, -0.15) is 4.98 Å². The van der Waals surface area contributed by atoms with Gasteiger partial charge in [0.1, 0.15) is 5.52 Å². The van der Waals surface area contributed by atoms with E-state index in [4.69, 9.17) is 16.0 Å². The van der Waals surface area contributed by atoms with Gasteiger partial charge in [-0.1, -0.05) is 49.8 Å². The second-order valence-electron chi connectivity index (χ2n) is 6.71. The number of nitrogens with zero attached hydrogens (tertiary/aromatic N) is 2. The van der Waals surface area contributed by atoms with E-state index in [1.54, 1.807) is 0 Å². The average molecular weight is 358 g/mol. The van der Waals surface area contributed by atoms with Crippen LogP contribution in [0.3, 0.4) is 0 Å². The van der Waals surface area contributed by atoms with Crippen molar-refractivity contribution >= 4 is 55.4 Å². The normalized spacial score (nSPS) is 12.2. The van der Waals surface area contributed by atoms with E-state index >= 15 is 0 Å². The van der Waals surface area contributed by atoms with Gasteiger partial charge < -0.3 is 4.42 Å². The van der Waals surface area contributed by atoms with Gasteiger partial charge in [-0.25, -0.2) is 4.98 Å². The van der Waals surface area contributed by atoms with Crippen molar-refractivity contribution in [1.29, 1.82) is 0 Å². The molecule has 2 heterocycles. The predicted octanol–water partition coefficient (Wildman–Crippen LogP) is 6.13. The Bertz CT molecular complexity index is 1050. The summed E-state index contributed by atoms with van der Waals surface area (Å²) in [5.74, 6) is 0. The van der Waals surface area contributed by atoms with Gasteiger partial charge in [-0.3, -0.25) is 5.32 Å². The van der Waals surface area contributed by atoms with Crippen LogP contribution in [0.15, 0.2) is 40.8 Å². The van der Waals surface area contributed by atoms with E-state index in [2.05, 4.69) is 48.2 Å². The molecule has 0 fully saturated rings. The van der Waals surface area contributed by atoms with E-state index < -0.39 is 0 Å². The number of anilines is 2. The van der Waals surface area contributed by atoms with Gasteiger partial charge >= 0.3 is 6.01 Å². The highest BCUT2D eigenvalue weighted by Gasteiger charge is 2.16. The summed E-state index contributed by atoms with van der Waals surface area (Å²) in [5.41, 5.74) is 3.77. The number of benzene rings is 2. The lowest BCUT2D eigenvalue weighted by Gasteiger charge is -2.18. The number of aromatic nitrogens is 2. The first kappa shape index (κ1) is 15.4. The van der Waals surface area contributed by atoms with E-state index in [-0.39, 0.29) is 5.41 Å². The summed E-state index contributed by atoms with van der Waals surface area (Å²) in [4.78, 5) is 9.05. The van der Waals surface area contributed by atoms with Crippen LogP contribution in [0.4, 0.5) is 11.1 Å². The highest BCUT2D eigenvalue weighted by molar-refractivity contribution is 7.22. The molecule has 0 unspecified atom stereocenters. The molecule has 4 nitrogen and oxygen atoms in total. The first-order valence-electron chi connectivity index (χ1n) is 7.63. The Morgan fingerprint density at radius 3 is 2.67 bits per heavy atom. The molecular formula is C18H16ClN3OS. The van der Waals surface area contributed by atoms with Crippen molar-refractivity contribution in [3.05, 3.63) is 47.0 Å². The summed E-state index contributed by atoms with van der Waals surface area (Å²) in [6.07, 6.45) is 0. The Kier molecular flexibility index (Phi) is 3.51. The van der Waals surface area contributed by atoms with Crippen LogP contribution < -0.4 is 5.32 Å². The summed E-state index contributed by atoms with van der Waals surface area (Å²) in [6, 6.07) is 12.2. The molecule has 0 aliphatic rings. The summed E-state index contributed by atoms with van der Waals surface area (Å²) in [5, 5.41) is 4.56. The van der Waals surface area contributed by atoms with Gasteiger partial charge in [0.15, 0.2) is 10.7 Å². The number of halogens is 1. The molecule has 6 heteroatoms. The second-order valence-corrected chi connectivity index (χ2v) is 8.17. The third kappa shape index (κ3) is 2.85. The molecule has 0 amide bonds. The van der Waals surface area contributed by atoms with Crippen molar-refractivity contribution in [3.8, 4) is 0 Å². The maximum Gasteiger partial charge on any atom is 0.302 e. The molecule has 0 radical (unpaired) electrons. The molecule has 0 atom stereocenters. The van der Waals surface area contributed by atoms with Crippen molar-refractivity contribution < 1.29 is 4.42 Å². The summed E-state index contributed by atoms with van der Waals surface area (Å²) >= 11 is 7.54. The van der Waals surface area contributed by atoms with E-state index in [1.165, 1.54) is 16.9 Å². The van der Waals surface area contributed by atoms with Gasteiger partial charge in [0.2, 0.25) is 0 Å². The average Bonchev–Trinajstić information content (AvgIpc) is 3.07. The zero-order valence-electron chi connectivity index (χ0n) is 13.6. The molecule has 2 aromatic carbocycles. The molecule has 122 valence electrons. The van der Waals surface area contributed by atoms with Crippen LogP contribution in [0.2, 0.25) is 5.02 Å². The summed E-state index contributed by atoms with van der Waals surface area (Å²) in [6.45, 7) is 6.54. The first-order chi connectivity index (χ1) is 11.4. The fraction of sp³-hybridized carbons (Fsp3) is 0.222. The highest BCUT2D eigenvalue weighted by atomic mass is 35.5. The van der Waals surface area contributed by atoms with Crippen molar-refractivity contribution in [1.82, 2.24) is 9.97 Å². The molecule has 0 saturated carbocycles. The van der Waals surface area contributed by atoms with Gasteiger partial charge in [-0.15, -0.1) is 0 Å². The number of rotatable bonds is 2. The lowest BCUT2D eigenvalue weighted by Crippen LogP contribution is -2.10. The van der Waals surface area contributed by atoms with E-state index in [0.717, 1.165) is 26.4 Å². The van der Waals surface area contributed by atoms with E-state index in [0.29, 0.717) is 11.0 Å². The Balaban J connectivity index is 1.68. The molecule has 0 aliphatic heterocycles. The van der Waals surface area contributed by atoms with Crippen LogP contribution in [0.1, 0.15) is 26.3 Å². The SMILES string of the molecule is CC(C)(C)c1ccc2oc(Nc3nc4cc(Cl)ccc4s3)nc2c1.